The third-order valence-corrected chi connectivity index (χ3v) is 0.167. The molecule has 0 heterocycles. The van der Waals surface area contributed by atoms with E-state index in [1.807, 2.05) is 0 Å². The molecule has 0 aliphatic rings. The summed E-state index contributed by atoms with van der Waals surface area (Å²) in [6.07, 6.45) is 0. The van der Waals surface area contributed by atoms with Gasteiger partial charge in [0.15, 0.2) is 0 Å². The molecule has 0 bridgehead atoms. The third-order valence-electron chi connectivity index (χ3n) is 0.167. The Morgan fingerprint density at radius 3 is 1.18 bits per heavy atom. The van der Waals surface area contributed by atoms with Crippen molar-refractivity contribution < 1.29 is 50.8 Å². The molecule has 1 N–H and O–H groups in total. The second-order valence-corrected chi connectivity index (χ2v) is 1.09. The topological polar surface area (TPSA) is 118 Å². The molecule has 0 unspecified atom stereocenters. The van der Waals surface area contributed by atoms with Crippen LogP contribution in [0.15, 0.2) is 0 Å². The van der Waals surface area contributed by atoms with Crippen LogP contribution in [0.2, 0.25) is 0 Å². The summed E-state index contributed by atoms with van der Waals surface area (Å²) in [6, 6.07) is 0. The van der Waals surface area contributed by atoms with Crippen LogP contribution >= 0.6 is 0 Å². The minimum absolute atomic E-state index is 0. The standard InChI is InChI=1S/C2H2O4.C2H4O2.Pt/c3-1(4)2(5)6;1-2(3)4;/h(H,3,4)(H,5,6);1H3,(H,3,4);/q;;+2/p-2. The van der Waals surface area contributed by atoms with E-state index in [1.54, 1.807) is 0 Å². The minimum atomic E-state index is -2.19. The molecule has 11 heavy (non-hydrogen) atoms. The van der Waals surface area contributed by atoms with Gasteiger partial charge in [-0.1, -0.05) is 0 Å². The van der Waals surface area contributed by atoms with E-state index in [0.717, 1.165) is 6.92 Å². The van der Waals surface area contributed by atoms with Crippen molar-refractivity contribution in [2.24, 2.45) is 0 Å². The molecule has 0 saturated heterocycles. The van der Waals surface area contributed by atoms with Gasteiger partial charge in [-0.2, -0.15) is 0 Å². The minimum Gasteiger partial charge on any atom is -0.543 e. The SMILES string of the molecule is CC(=O)O.O=C([O-])C(=O)[O-].[Pt+2]. The number of carbonyl (C=O) groups excluding carboxylic acids is 2. The number of carbonyl (C=O) groups is 3. The summed E-state index contributed by atoms with van der Waals surface area (Å²) in [6.45, 7) is 1.08. The number of carboxylic acid groups (broad SMARTS) is 3. The van der Waals surface area contributed by atoms with Gasteiger partial charge in [0.05, 0.1) is 11.9 Å². The van der Waals surface area contributed by atoms with Gasteiger partial charge >= 0.3 is 21.1 Å². The average molecular weight is 343 g/mol. The Morgan fingerprint density at radius 2 is 1.18 bits per heavy atom. The summed E-state index contributed by atoms with van der Waals surface area (Å²) < 4.78 is 0. The van der Waals surface area contributed by atoms with E-state index in [0.29, 0.717) is 0 Å². The Bertz CT molecular complexity index is 137. The molecule has 6 nitrogen and oxygen atoms in total. The van der Waals surface area contributed by atoms with Gasteiger partial charge in [0.1, 0.15) is 0 Å². The van der Waals surface area contributed by atoms with E-state index >= 15 is 0 Å². The zero-order valence-corrected chi connectivity index (χ0v) is 7.58. The Labute approximate surface area is 76.1 Å². The molecular weight excluding hydrogens is 339 g/mol. The molecule has 0 aliphatic carbocycles. The van der Waals surface area contributed by atoms with Crippen LogP contribution in [0.5, 0.6) is 0 Å². The number of hydrogen-bond acceptors (Lipinski definition) is 5. The van der Waals surface area contributed by atoms with Gasteiger partial charge in [0, 0.05) is 6.92 Å². The summed E-state index contributed by atoms with van der Waals surface area (Å²) in [4.78, 5) is 26.9. The number of rotatable bonds is 0. The van der Waals surface area contributed by atoms with Crippen LogP contribution in [0.1, 0.15) is 6.92 Å². The molecule has 7 heteroatoms. The quantitative estimate of drug-likeness (QED) is 0.458. The first-order chi connectivity index (χ1) is 4.37. The second kappa shape index (κ2) is 9.10. The maximum Gasteiger partial charge on any atom is 2.00 e. The van der Waals surface area contributed by atoms with Crippen LogP contribution in [0.25, 0.3) is 0 Å². The first-order valence-electron chi connectivity index (χ1n) is 1.99. The molecule has 0 spiro atoms. The fourth-order valence-corrected chi connectivity index (χ4v) is 0. The van der Waals surface area contributed by atoms with Crippen LogP contribution in [0.3, 0.4) is 0 Å². The van der Waals surface area contributed by atoms with Crippen LogP contribution < -0.4 is 10.2 Å². The van der Waals surface area contributed by atoms with E-state index in [4.69, 9.17) is 29.7 Å². The van der Waals surface area contributed by atoms with E-state index < -0.39 is 17.9 Å². The van der Waals surface area contributed by atoms with E-state index in [-0.39, 0.29) is 21.1 Å². The van der Waals surface area contributed by atoms with Gasteiger partial charge in [0.2, 0.25) is 0 Å². The Morgan fingerprint density at radius 1 is 1.09 bits per heavy atom. The number of carboxylic acids is 3. The van der Waals surface area contributed by atoms with Crippen LogP contribution in [0, 0.1) is 0 Å². The molecule has 0 radical (unpaired) electrons. The Kier molecular flexibility index (Phi) is 13.7. The molecule has 0 aromatic carbocycles. The summed E-state index contributed by atoms with van der Waals surface area (Å²) in [5, 5.41) is 25.3. The summed E-state index contributed by atoms with van der Waals surface area (Å²) in [5.41, 5.74) is 0. The van der Waals surface area contributed by atoms with E-state index in [1.165, 1.54) is 0 Å². The van der Waals surface area contributed by atoms with Gasteiger partial charge in [-0.15, -0.1) is 0 Å². The van der Waals surface area contributed by atoms with Crippen molar-refractivity contribution in [3.05, 3.63) is 0 Å². The first-order valence-corrected chi connectivity index (χ1v) is 1.99. The Balaban J connectivity index is -0.000000114. The molecule has 0 aliphatic heterocycles. The molecule has 0 aromatic rings. The fraction of sp³-hybridized carbons (Fsp3) is 0.250. The van der Waals surface area contributed by atoms with Gasteiger partial charge < -0.3 is 24.9 Å². The van der Waals surface area contributed by atoms with E-state index in [9.17, 15) is 0 Å². The largest absolute Gasteiger partial charge is 2.00 e. The average Bonchev–Trinajstić information content (AvgIpc) is 1.63. The summed E-state index contributed by atoms with van der Waals surface area (Å²) in [5.74, 6) is -5.20. The van der Waals surface area contributed by atoms with Crippen molar-refractivity contribution in [1.82, 2.24) is 0 Å². The van der Waals surface area contributed by atoms with Crippen molar-refractivity contribution in [2.45, 2.75) is 6.92 Å². The van der Waals surface area contributed by atoms with E-state index in [2.05, 4.69) is 0 Å². The van der Waals surface area contributed by atoms with Crippen molar-refractivity contribution in [2.75, 3.05) is 0 Å². The molecule has 0 rings (SSSR count). The maximum atomic E-state index is 9.00. The smallest absolute Gasteiger partial charge is 0.543 e. The molecule has 0 fully saturated rings. The normalized spacial score (nSPS) is 6.27. The number of hydrogen-bond donors (Lipinski definition) is 1. The van der Waals surface area contributed by atoms with Crippen molar-refractivity contribution in [3.63, 3.8) is 0 Å². The van der Waals surface area contributed by atoms with Crippen LogP contribution in [0.4, 0.5) is 0 Å². The molecule has 0 amide bonds. The van der Waals surface area contributed by atoms with Crippen molar-refractivity contribution in [3.8, 4) is 0 Å². The van der Waals surface area contributed by atoms with Gasteiger partial charge in [-0.3, -0.25) is 4.79 Å². The Hall–Kier alpha value is -0.902. The molecule has 0 saturated carbocycles. The maximum absolute atomic E-state index is 9.00. The fourth-order valence-electron chi connectivity index (χ4n) is 0. The molecule has 66 valence electrons. The third kappa shape index (κ3) is 47.8. The molecule has 0 atom stereocenters. The number of aliphatic carboxylic acids is 3. The molecule has 0 aromatic heterocycles. The zero-order valence-electron chi connectivity index (χ0n) is 5.30. The van der Waals surface area contributed by atoms with Gasteiger partial charge in [0.25, 0.3) is 5.97 Å². The predicted molar refractivity (Wildman–Crippen MR) is 23.3 cm³/mol. The van der Waals surface area contributed by atoms with Crippen molar-refractivity contribution >= 4 is 17.9 Å². The zero-order chi connectivity index (χ0) is 8.73. The molecular formula is C4H4O6Pt. The summed E-state index contributed by atoms with van der Waals surface area (Å²) >= 11 is 0. The summed E-state index contributed by atoms with van der Waals surface area (Å²) in [7, 11) is 0. The predicted octanol–water partition coefficient (Wildman–Crippen LogP) is -3.43. The van der Waals surface area contributed by atoms with Crippen molar-refractivity contribution in [1.29, 1.82) is 0 Å². The van der Waals surface area contributed by atoms with Gasteiger partial charge in [-0.05, 0) is 0 Å². The van der Waals surface area contributed by atoms with Gasteiger partial charge in [-0.25, -0.2) is 0 Å². The monoisotopic (exact) mass is 343 g/mol. The first kappa shape index (κ1) is 16.6. The van der Waals surface area contributed by atoms with Crippen LogP contribution in [-0.4, -0.2) is 23.0 Å². The second-order valence-electron chi connectivity index (χ2n) is 1.09. The van der Waals surface area contributed by atoms with Crippen LogP contribution in [-0.2, 0) is 35.4 Å².